The van der Waals surface area contributed by atoms with Gasteiger partial charge in [-0.2, -0.15) is 0 Å². The molecule has 1 N–H and O–H groups in total. The largest absolute Gasteiger partial charge is 0.325 e. The molecule has 0 radical (unpaired) electrons. The van der Waals surface area contributed by atoms with E-state index in [9.17, 15) is 18.0 Å². The summed E-state index contributed by atoms with van der Waals surface area (Å²) in [4.78, 5) is 24.6. The molecule has 140 valence electrons. The number of amides is 2. The Morgan fingerprint density at radius 3 is 2.11 bits per heavy atom. The molecule has 4 rings (SSSR count). The van der Waals surface area contributed by atoms with Crippen LogP contribution in [0, 0.1) is 0 Å². The van der Waals surface area contributed by atoms with Crippen LogP contribution in [0.5, 0.6) is 0 Å². The first-order chi connectivity index (χ1) is 13.5. The van der Waals surface area contributed by atoms with E-state index < -0.39 is 28.4 Å². The Bertz CT molecular complexity index is 1160. The van der Waals surface area contributed by atoms with Crippen LogP contribution in [0.3, 0.4) is 0 Å². The molecule has 0 fully saturated rings. The molecule has 0 bridgehead atoms. The lowest BCUT2D eigenvalue weighted by atomic mass is 10.1. The van der Waals surface area contributed by atoms with Crippen LogP contribution in [-0.2, 0) is 14.8 Å². The van der Waals surface area contributed by atoms with E-state index in [4.69, 9.17) is 0 Å². The van der Waals surface area contributed by atoms with Gasteiger partial charge < -0.3 is 5.32 Å². The molecular formula is C21H16N2O4S. The van der Waals surface area contributed by atoms with Gasteiger partial charge in [0.05, 0.1) is 5.56 Å². The van der Waals surface area contributed by atoms with Crippen LogP contribution in [0.15, 0.2) is 83.8 Å². The average Bonchev–Trinajstić information content (AvgIpc) is 2.90. The Balaban J connectivity index is 1.47. The lowest BCUT2D eigenvalue weighted by Crippen LogP contribution is -2.37. The first kappa shape index (κ1) is 17.9. The molecule has 0 spiro atoms. The van der Waals surface area contributed by atoms with Crippen LogP contribution in [-0.4, -0.2) is 31.1 Å². The van der Waals surface area contributed by atoms with Crippen LogP contribution in [0.25, 0.3) is 11.1 Å². The normalized spacial score (nSPS) is 14.6. The van der Waals surface area contributed by atoms with E-state index >= 15 is 0 Å². The minimum atomic E-state index is -4.00. The van der Waals surface area contributed by atoms with Crippen molar-refractivity contribution in [3.05, 3.63) is 84.4 Å². The zero-order chi connectivity index (χ0) is 19.7. The molecule has 28 heavy (non-hydrogen) atoms. The smallest absolute Gasteiger partial charge is 0.269 e. The maximum Gasteiger partial charge on any atom is 0.269 e. The maximum absolute atomic E-state index is 12.5. The van der Waals surface area contributed by atoms with E-state index in [0.717, 1.165) is 11.1 Å². The molecule has 0 aromatic heterocycles. The Labute approximate surface area is 162 Å². The second kappa shape index (κ2) is 6.94. The second-order valence-corrected chi connectivity index (χ2v) is 8.14. The van der Waals surface area contributed by atoms with Crippen molar-refractivity contribution in [3.63, 3.8) is 0 Å². The predicted octanol–water partition coefficient (Wildman–Crippen LogP) is 3.14. The summed E-state index contributed by atoms with van der Waals surface area (Å²) in [7, 11) is -4.00. The summed E-state index contributed by atoms with van der Waals surface area (Å²) < 4.78 is 25.6. The summed E-state index contributed by atoms with van der Waals surface area (Å²) in [5.41, 5.74) is 2.65. The van der Waals surface area contributed by atoms with Crippen LogP contribution in [0.1, 0.15) is 10.4 Å². The van der Waals surface area contributed by atoms with Crippen LogP contribution < -0.4 is 5.32 Å². The van der Waals surface area contributed by atoms with E-state index in [1.807, 2.05) is 42.5 Å². The highest BCUT2D eigenvalue weighted by atomic mass is 32.2. The molecule has 1 heterocycles. The van der Waals surface area contributed by atoms with Gasteiger partial charge in [0.2, 0.25) is 5.91 Å². The molecule has 0 aliphatic carbocycles. The minimum absolute atomic E-state index is 0.0694. The Morgan fingerprint density at radius 2 is 1.43 bits per heavy atom. The van der Waals surface area contributed by atoms with Crippen molar-refractivity contribution in [2.24, 2.45) is 0 Å². The SMILES string of the molecule is O=C(CN1C(=O)c2ccccc2S1(=O)=O)Nc1ccc(-c2ccccc2)cc1. The zero-order valence-corrected chi connectivity index (χ0v) is 15.5. The quantitative estimate of drug-likeness (QED) is 0.739. The molecule has 2 amide bonds. The van der Waals surface area contributed by atoms with Gasteiger partial charge in [-0.1, -0.05) is 54.6 Å². The molecule has 0 saturated heterocycles. The molecule has 7 heteroatoms. The fourth-order valence-corrected chi connectivity index (χ4v) is 4.62. The van der Waals surface area contributed by atoms with Gasteiger partial charge in [-0.05, 0) is 35.4 Å². The highest BCUT2D eigenvalue weighted by Gasteiger charge is 2.41. The third-order valence-electron chi connectivity index (χ3n) is 4.48. The van der Waals surface area contributed by atoms with Crippen molar-refractivity contribution >= 4 is 27.5 Å². The van der Waals surface area contributed by atoms with E-state index in [1.54, 1.807) is 24.3 Å². The van der Waals surface area contributed by atoms with E-state index in [1.165, 1.54) is 12.1 Å². The van der Waals surface area contributed by atoms with Crippen molar-refractivity contribution < 1.29 is 18.0 Å². The summed E-state index contributed by atoms with van der Waals surface area (Å²) in [6.45, 7) is -0.573. The molecule has 6 nitrogen and oxygen atoms in total. The first-order valence-corrected chi connectivity index (χ1v) is 10.0. The number of hydrogen-bond acceptors (Lipinski definition) is 4. The lowest BCUT2D eigenvalue weighted by Gasteiger charge is -2.15. The van der Waals surface area contributed by atoms with Crippen LogP contribution in [0.2, 0.25) is 0 Å². The van der Waals surface area contributed by atoms with Crippen molar-refractivity contribution in [3.8, 4) is 11.1 Å². The van der Waals surface area contributed by atoms with Gasteiger partial charge >= 0.3 is 0 Å². The van der Waals surface area contributed by atoms with Gasteiger partial charge in [0.15, 0.2) is 0 Å². The molecule has 1 aliphatic heterocycles. The molecule has 0 atom stereocenters. The summed E-state index contributed by atoms with van der Waals surface area (Å²) in [5.74, 6) is -1.28. The molecule has 0 saturated carbocycles. The predicted molar refractivity (Wildman–Crippen MR) is 105 cm³/mol. The van der Waals surface area contributed by atoms with Gasteiger partial charge in [-0.15, -0.1) is 0 Å². The molecule has 3 aromatic rings. The lowest BCUT2D eigenvalue weighted by molar-refractivity contribution is -0.116. The standard InChI is InChI=1S/C21H16N2O4S/c24-20(14-23-21(25)18-8-4-5-9-19(18)28(23,26)27)22-17-12-10-16(11-13-17)15-6-2-1-3-7-15/h1-13H,14H2,(H,22,24). The van der Waals surface area contributed by atoms with Crippen molar-refractivity contribution in [1.82, 2.24) is 4.31 Å². The number of sulfonamides is 1. The number of hydrogen-bond donors (Lipinski definition) is 1. The molecule has 1 aliphatic rings. The van der Waals surface area contributed by atoms with Crippen LogP contribution >= 0.6 is 0 Å². The van der Waals surface area contributed by atoms with Crippen molar-refractivity contribution in [2.75, 3.05) is 11.9 Å². The maximum atomic E-state index is 12.5. The number of fused-ring (bicyclic) bond motifs is 1. The number of anilines is 1. The molecule has 0 unspecified atom stereocenters. The summed E-state index contributed by atoms with van der Waals surface area (Å²) in [5, 5.41) is 2.64. The highest BCUT2D eigenvalue weighted by Crippen LogP contribution is 2.29. The first-order valence-electron chi connectivity index (χ1n) is 8.58. The number of carbonyl (C=O) groups excluding carboxylic acids is 2. The zero-order valence-electron chi connectivity index (χ0n) is 14.7. The number of nitrogens with one attached hydrogen (secondary N) is 1. The number of carbonyl (C=O) groups is 2. The van der Waals surface area contributed by atoms with Crippen molar-refractivity contribution in [2.45, 2.75) is 4.90 Å². The Kier molecular flexibility index (Phi) is 4.44. The van der Waals surface area contributed by atoms with Gasteiger partial charge in [-0.3, -0.25) is 9.59 Å². The fourth-order valence-electron chi connectivity index (χ4n) is 3.09. The number of nitrogens with zero attached hydrogens (tertiary/aromatic N) is 1. The minimum Gasteiger partial charge on any atom is -0.325 e. The van der Waals surface area contributed by atoms with E-state index in [2.05, 4.69) is 5.32 Å². The monoisotopic (exact) mass is 392 g/mol. The molecular weight excluding hydrogens is 376 g/mol. The van der Waals surface area contributed by atoms with Crippen molar-refractivity contribution in [1.29, 1.82) is 0 Å². The Hall–Kier alpha value is -3.45. The third-order valence-corrected chi connectivity index (χ3v) is 6.26. The van der Waals surface area contributed by atoms with E-state index in [-0.39, 0.29) is 10.5 Å². The second-order valence-electron chi connectivity index (χ2n) is 6.30. The van der Waals surface area contributed by atoms with Gasteiger partial charge in [0, 0.05) is 5.69 Å². The summed E-state index contributed by atoms with van der Waals surface area (Å²) >= 11 is 0. The van der Waals surface area contributed by atoms with E-state index in [0.29, 0.717) is 9.99 Å². The average molecular weight is 392 g/mol. The topological polar surface area (TPSA) is 83.6 Å². The summed E-state index contributed by atoms with van der Waals surface area (Å²) in [6.07, 6.45) is 0. The number of benzene rings is 3. The number of rotatable bonds is 4. The summed E-state index contributed by atoms with van der Waals surface area (Å²) in [6, 6.07) is 22.9. The van der Waals surface area contributed by atoms with Gasteiger partial charge in [0.1, 0.15) is 11.4 Å². The third kappa shape index (κ3) is 3.16. The van der Waals surface area contributed by atoms with Gasteiger partial charge in [0.25, 0.3) is 15.9 Å². The Morgan fingerprint density at radius 1 is 0.821 bits per heavy atom. The fraction of sp³-hybridized carbons (Fsp3) is 0.0476. The van der Waals surface area contributed by atoms with Crippen LogP contribution in [0.4, 0.5) is 5.69 Å². The van der Waals surface area contributed by atoms with Gasteiger partial charge in [-0.25, -0.2) is 12.7 Å². The molecule has 3 aromatic carbocycles. The highest BCUT2D eigenvalue weighted by molar-refractivity contribution is 7.90.